The van der Waals surface area contributed by atoms with Crippen molar-refractivity contribution in [3.8, 4) is 0 Å². The van der Waals surface area contributed by atoms with Gasteiger partial charge in [0.1, 0.15) is 8.24 Å². The fourth-order valence-electron chi connectivity index (χ4n) is 0.819. The summed E-state index contributed by atoms with van der Waals surface area (Å²) in [7, 11) is -7.01. The minimum Gasteiger partial charge on any atom is -0.255 e. The van der Waals surface area contributed by atoms with Crippen molar-refractivity contribution < 1.29 is 43.7 Å². The van der Waals surface area contributed by atoms with Gasteiger partial charge in [-0.2, -0.15) is 39.5 Å². The van der Waals surface area contributed by atoms with Crippen molar-refractivity contribution in [1.82, 2.24) is 4.39 Å². The molecule has 0 aliphatic heterocycles. The highest BCUT2D eigenvalue weighted by atomic mass is 32.2. The minimum atomic E-state index is -7.03. The van der Waals surface area contributed by atoms with Gasteiger partial charge in [-0.05, 0) is 0 Å². The number of rotatable bonds is 5. The molecule has 0 saturated carbocycles. The summed E-state index contributed by atoms with van der Waals surface area (Å²) in [6, 6.07) is 0. The van der Waals surface area contributed by atoms with Crippen molar-refractivity contribution in [2.45, 2.75) is 42.9 Å². The van der Waals surface area contributed by atoms with Crippen molar-refractivity contribution in [2.24, 2.45) is 0 Å². The van der Waals surface area contributed by atoms with Gasteiger partial charge in [0.2, 0.25) is 0 Å². The number of alkyl halides is 9. The number of hydrogen-bond acceptors (Lipinski definition) is 1. The molecule has 122 valence electrons. The van der Waals surface area contributed by atoms with Crippen LogP contribution in [-0.4, -0.2) is 35.7 Å². The third-order valence-electron chi connectivity index (χ3n) is 1.75. The molecule has 1 unspecified atom stereocenters. The SMILES string of the molecule is C[Si](C)(C)NS(=O)C(F)(F)C(F)(F)C(F)(F)C(F)(F)F. The summed E-state index contributed by atoms with van der Waals surface area (Å²) in [6.07, 6.45) is -6.91. The largest absolute Gasteiger partial charge is 0.460 e. The third-order valence-corrected chi connectivity index (χ3v) is 5.66. The van der Waals surface area contributed by atoms with Crippen molar-refractivity contribution in [2.75, 3.05) is 0 Å². The molecule has 0 saturated heterocycles. The van der Waals surface area contributed by atoms with Crippen LogP contribution in [0.1, 0.15) is 0 Å². The lowest BCUT2D eigenvalue weighted by Crippen LogP contribution is -2.64. The van der Waals surface area contributed by atoms with Crippen LogP contribution in [0.4, 0.5) is 39.5 Å². The summed E-state index contributed by atoms with van der Waals surface area (Å²) in [4.78, 5) is 0. The zero-order valence-electron chi connectivity index (χ0n) is 10.2. The molecule has 0 aliphatic carbocycles. The van der Waals surface area contributed by atoms with Crippen molar-refractivity contribution >= 4 is 19.2 Å². The highest BCUT2D eigenvalue weighted by Gasteiger charge is 2.83. The van der Waals surface area contributed by atoms with Crippen LogP contribution in [0.5, 0.6) is 0 Å². The van der Waals surface area contributed by atoms with E-state index in [0.29, 0.717) is 0 Å². The van der Waals surface area contributed by atoms with E-state index < -0.39 is 42.5 Å². The minimum absolute atomic E-state index is 1.21. The molecule has 0 amide bonds. The first-order chi connectivity index (χ1) is 8.38. The predicted octanol–water partition coefficient (Wildman–Crippen LogP) is 3.50. The van der Waals surface area contributed by atoms with Crippen LogP contribution in [0.25, 0.3) is 0 Å². The molecule has 1 atom stereocenters. The van der Waals surface area contributed by atoms with E-state index in [2.05, 4.69) is 0 Å². The lowest BCUT2D eigenvalue weighted by atomic mass is 10.1. The summed E-state index contributed by atoms with van der Waals surface area (Å²) >= 11 is 0. The Morgan fingerprint density at radius 2 is 1.15 bits per heavy atom. The van der Waals surface area contributed by atoms with Crippen molar-refractivity contribution in [3.05, 3.63) is 0 Å². The van der Waals surface area contributed by atoms with Gasteiger partial charge < -0.3 is 0 Å². The van der Waals surface area contributed by atoms with Crippen LogP contribution in [0, 0.1) is 0 Å². The van der Waals surface area contributed by atoms with Crippen LogP contribution >= 0.6 is 0 Å². The summed E-state index contributed by atoms with van der Waals surface area (Å²) in [5, 5.41) is -6.10. The van der Waals surface area contributed by atoms with Gasteiger partial charge >= 0.3 is 23.3 Å². The fourth-order valence-corrected chi connectivity index (χ4v) is 3.92. The first-order valence-corrected chi connectivity index (χ1v) is 9.43. The van der Waals surface area contributed by atoms with Gasteiger partial charge in [0.15, 0.2) is 11.0 Å². The molecule has 0 fully saturated rings. The summed E-state index contributed by atoms with van der Waals surface area (Å²) in [6.45, 7) is 3.63. The van der Waals surface area contributed by atoms with E-state index in [9.17, 15) is 43.7 Å². The molecule has 0 aromatic rings. The summed E-state index contributed by atoms with van der Waals surface area (Å²) < 4.78 is 125. The monoisotopic (exact) mass is 355 g/mol. The standard InChI is InChI=1S/C7H10F9NOSSi/c1-20(2,3)17-19(18)7(15,16)5(10,11)4(8,9)6(12,13)14/h17H,1-3H3. The average Bonchev–Trinajstić information content (AvgIpc) is 2.12. The van der Waals surface area contributed by atoms with Crippen molar-refractivity contribution in [1.29, 1.82) is 0 Å². The fraction of sp³-hybridized carbons (Fsp3) is 1.00. The van der Waals surface area contributed by atoms with Gasteiger partial charge in [-0.3, -0.25) is 4.39 Å². The van der Waals surface area contributed by atoms with E-state index >= 15 is 0 Å². The molecule has 0 aliphatic rings. The molecule has 20 heavy (non-hydrogen) atoms. The highest BCUT2D eigenvalue weighted by Crippen LogP contribution is 2.53. The topological polar surface area (TPSA) is 29.1 Å². The Kier molecular flexibility index (Phi) is 5.08. The van der Waals surface area contributed by atoms with Gasteiger partial charge in [-0.1, -0.05) is 19.6 Å². The second kappa shape index (κ2) is 5.16. The molecular formula is C7H10F9NOSSi. The maximum atomic E-state index is 13.1. The molecule has 13 heteroatoms. The maximum Gasteiger partial charge on any atom is 0.460 e. The zero-order chi connectivity index (χ0) is 16.8. The van der Waals surface area contributed by atoms with Crippen LogP contribution in [0.3, 0.4) is 0 Å². The lowest BCUT2D eigenvalue weighted by Gasteiger charge is -2.34. The van der Waals surface area contributed by atoms with Crippen LogP contribution in [-0.2, 0) is 11.0 Å². The predicted molar refractivity (Wildman–Crippen MR) is 55.5 cm³/mol. The molecule has 0 rings (SSSR count). The molecule has 0 radical (unpaired) electrons. The Hall–Kier alpha value is -0.303. The first kappa shape index (κ1) is 19.7. The summed E-state index contributed by atoms with van der Waals surface area (Å²) in [5.74, 6) is -13.9. The average molecular weight is 355 g/mol. The Morgan fingerprint density at radius 1 is 0.800 bits per heavy atom. The van der Waals surface area contributed by atoms with Gasteiger partial charge in [0.05, 0.1) is 0 Å². The maximum absolute atomic E-state index is 13.1. The number of halogens is 9. The Bertz CT molecular complexity index is 389. The van der Waals surface area contributed by atoms with Crippen LogP contribution < -0.4 is 4.39 Å². The first-order valence-electron chi connectivity index (χ1n) is 4.78. The second-order valence-corrected chi connectivity index (χ2v) is 11.2. The Morgan fingerprint density at radius 3 is 1.40 bits per heavy atom. The molecule has 1 N–H and O–H groups in total. The quantitative estimate of drug-likeness (QED) is 0.594. The molecule has 0 aromatic carbocycles. The molecule has 0 heterocycles. The number of hydrogen-bond donors (Lipinski definition) is 1. The molecular weight excluding hydrogens is 345 g/mol. The van der Waals surface area contributed by atoms with Gasteiger partial charge in [0.25, 0.3) is 0 Å². The molecule has 2 nitrogen and oxygen atoms in total. The van der Waals surface area contributed by atoms with E-state index in [1.807, 2.05) is 0 Å². The van der Waals surface area contributed by atoms with E-state index in [1.165, 1.54) is 24.0 Å². The normalized spacial score (nSPS) is 17.2. The zero-order valence-corrected chi connectivity index (χ0v) is 12.0. The summed E-state index contributed by atoms with van der Waals surface area (Å²) in [5.41, 5.74) is 0. The molecule has 0 aromatic heterocycles. The van der Waals surface area contributed by atoms with Gasteiger partial charge in [0, 0.05) is 0 Å². The van der Waals surface area contributed by atoms with E-state index in [0.717, 1.165) is 0 Å². The van der Waals surface area contributed by atoms with Gasteiger partial charge in [-0.15, -0.1) is 0 Å². The van der Waals surface area contributed by atoms with Crippen molar-refractivity contribution in [3.63, 3.8) is 0 Å². The lowest BCUT2D eigenvalue weighted by molar-refractivity contribution is -0.381. The Balaban J connectivity index is 5.64. The van der Waals surface area contributed by atoms with E-state index in [-0.39, 0.29) is 0 Å². The van der Waals surface area contributed by atoms with Crippen LogP contribution in [0.15, 0.2) is 0 Å². The second-order valence-electron chi connectivity index (χ2n) is 4.78. The molecule has 0 spiro atoms. The van der Waals surface area contributed by atoms with Crippen LogP contribution in [0.2, 0.25) is 19.6 Å². The highest BCUT2D eigenvalue weighted by molar-refractivity contribution is 7.85. The number of nitrogens with one attached hydrogen (secondary N) is 1. The Labute approximate surface area is 111 Å². The molecule has 0 bridgehead atoms. The van der Waals surface area contributed by atoms with Gasteiger partial charge in [-0.25, -0.2) is 4.21 Å². The third kappa shape index (κ3) is 3.47. The van der Waals surface area contributed by atoms with E-state index in [4.69, 9.17) is 0 Å². The smallest absolute Gasteiger partial charge is 0.255 e. The van der Waals surface area contributed by atoms with E-state index in [1.54, 1.807) is 0 Å².